The molecule has 1 aromatic carbocycles. The lowest BCUT2D eigenvalue weighted by Gasteiger charge is -2.23. The van der Waals surface area contributed by atoms with Crippen molar-refractivity contribution < 1.29 is 26.3 Å². The summed E-state index contributed by atoms with van der Waals surface area (Å²) in [4.78, 5) is 7.55. The first-order chi connectivity index (χ1) is 13.6. The van der Waals surface area contributed by atoms with E-state index in [0.29, 0.717) is 0 Å². The van der Waals surface area contributed by atoms with Crippen LogP contribution in [-0.4, -0.2) is 21.5 Å². The van der Waals surface area contributed by atoms with Crippen LogP contribution in [0.3, 0.4) is 0 Å². The molecule has 1 aromatic heterocycles. The Hall–Kier alpha value is -2.17. The van der Waals surface area contributed by atoms with E-state index in [-0.39, 0.29) is 40.2 Å². The number of rotatable bonds is 5. The highest BCUT2D eigenvalue weighted by Crippen LogP contribution is 2.38. The van der Waals surface area contributed by atoms with Crippen molar-refractivity contribution in [2.75, 3.05) is 10.6 Å². The van der Waals surface area contributed by atoms with E-state index < -0.39 is 17.4 Å². The molecule has 0 aliphatic heterocycles. The molecule has 3 rings (SSSR count). The third-order valence-electron chi connectivity index (χ3n) is 4.29. The molecular formula is C18H18F6N4S. The summed E-state index contributed by atoms with van der Waals surface area (Å²) in [5.41, 5.74) is -5.41. The van der Waals surface area contributed by atoms with Crippen molar-refractivity contribution in [3.63, 3.8) is 0 Å². The molecule has 2 aromatic rings. The summed E-state index contributed by atoms with van der Waals surface area (Å²) in [5.74, 6) is -0.310. The fraction of sp³-hybridized carbons (Fsp3) is 0.444. The monoisotopic (exact) mass is 436 g/mol. The molecule has 158 valence electrons. The summed E-state index contributed by atoms with van der Waals surface area (Å²) in [7, 11) is 0. The molecule has 0 spiro atoms. The molecule has 1 fully saturated rings. The predicted octanol–water partition coefficient (Wildman–Crippen LogP) is 6.60. The number of aromatic nitrogens is 2. The summed E-state index contributed by atoms with van der Waals surface area (Å²) >= 11 is -0.306. The van der Waals surface area contributed by atoms with Crippen molar-refractivity contribution in [3.8, 4) is 0 Å². The van der Waals surface area contributed by atoms with Gasteiger partial charge in [-0.15, -0.1) is 0 Å². The zero-order valence-electron chi connectivity index (χ0n) is 15.1. The van der Waals surface area contributed by atoms with Crippen LogP contribution in [0.15, 0.2) is 35.2 Å². The second kappa shape index (κ2) is 8.68. The SMILES string of the molecule is FC(F)(F)Sc1cccc(Nc2cc(C(F)(F)F)nc(NC3CCCCC3)n2)c1. The van der Waals surface area contributed by atoms with Gasteiger partial charge in [-0.2, -0.15) is 31.3 Å². The summed E-state index contributed by atoms with van der Waals surface area (Å²) < 4.78 is 77.4. The fourth-order valence-electron chi connectivity index (χ4n) is 3.07. The average molecular weight is 436 g/mol. The summed E-state index contributed by atoms with van der Waals surface area (Å²) in [5, 5.41) is 5.60. The summed E-state index contributed by atoms with van der Waals surface area (Å²) in [6.45, 7) is 0. The quantitative estimate of drug-likeness (QED) is 0.409. The van der Waals surface area contributed by atoms with Crippen molar-refractivity contribution >= 4 is 29.2 Å². The Bertz CT molecular complexity index is 834. The minimum atomic E-state index is -4.68. The number of alkyl halides is 6. The van der Waals surface area contributed by atoms with Gasteiger partial charge in [0.2, 0.25) is 5.95 Å². The molecule has 0 amide bonds. The largest absolute Gasteiger partial charge is 0.446 e. The predicted molar refractivity (Wildman–Crippen MR) is 99.2 cm³/mol. The maximum absolute atomic E-state index is 13.2. The average Bonchev–Trinajstić information content (AvgIpc) is 2.60. The van der Waals surface area contributed by atoms with E-state index >= 15 is 0 Å². The number of anilines is 3. The molecule has 0 saturated heterocycles. The smallest absolute Gasteiger partial charge is 0.351 e. The van der Waals surface area contributed by atoms with Crippen LogP contribution in [0.4, 0.5) is 43.8 Å². The van der Waals surface area contributed by atoms with E-state index in [4.69, 9.17) is 0 Å². The number of nitrogens with one attached hydrogen (secondary N) is 2. The number of thioether (sulfide) groups is 1. The Morgan fingerprint density at radius 2 is 1.66 bits per heavy atom. The van der Waals surface area contributed by atoms with Crippen LogP contribution in [0.5, 0.6) is 0 Å². The Morgan fingerprint density at radius 1 is 0.931 bits per heavy atom. The van der Waals surface area contributed by atoms with Gasteiger partial charge in [0.25, 0.3) is 0 Å². The van der Waals surface area contributed by atoms with E-state index in [1.807, 2.05) is 0 Å². The minimum Gasteiger partial charge on any atom is -0.351 e. The highest BCUT2D eigenvalue weighted by molar-refractivity contribution is 8.00. The summed E-state index contributed by atoms with van der Waals surface area (Å²) in [6, 6.07) is 6.01. The lowest BCUT2D eigenvalue weighted by Crippen LogP contribution is -2.24. The van der Waals surface area contributed by atoms with Crippen molar-refractivity contribution in [2.45, 2.75) is 54.7 Å². The van der Waals surface area contributed by atoms with Gasteiger partial charge in [0.1, 0.15) is 5.82 Å². The van der Waals surface area contributed by atoms with Crippen molar-refractivity contribution in [3.05, 3.63) is 36.0 Å². The van der Waals surface area contributed by atoms with Crippen molar-refractivity contribution in [1.29, 1.82) is 0 Å². The maximum Gasteiger partial charge on any atom is 0.446 e. The Morgan fingerprint density at radius 3 is 2.31 bits per heavy atom. The van der Waals surface area contributed by atoms with Gasteiger partial charge in [0.15, 0.2) is 5.69 Å². The normalized spacial score (nSPS) is 15.9. The maximum atomic E-state index is 13.2. The third-order valence-corrected chi connectivity index (χ3v) is 5.02. The van der Waals surface area contributed by atoms with Crippen LogP contribution in [-0.2, 0) is 6.18 Å². The summed E-state index contributed by atoms with van der Waals surface area (Å²) in [6.07, 6.45) is -0.00792. The molecule has 29 heavy (non-hydrogen) atoms. The first kappa shape index (κ1) is 21.5. The van der Waals surface area contributed by atoms with Crippen LogP contribution in [0.2, 0.25) is 0 Å². The van der Waals surface area contributed by atoms with E-state index in [2.05, 4.69) is 20.6 Å². The van der Waals surface area contributed by atoms with E-state index in [1.165, 1.54) is 24.3 Å². The topological polar surface area (TPSA) is 49.8 Å². The second-order valence-electron chi connectivity index (χ2n) is 6.64. The Labute approximate surface area is 167 Å². The van der Waals surface area contributed by atoms with Crippen LogP contribution >= 0.6 is 11.8 Å². The third kappa shape index (κ3) is 6.69. The molecule has 1 heterocycles. The molecule has 1 aliphatic rings. The lowest BCUT2D eigenvalue weighted by molar-refractivity contribution is -0.141. The van der Waals surface area contributed by atoms with Crippen LogP contribution in [0, 0.1) is 0 Å². The van der Waals surface area contributed by atoms with Gasteiger partial charge in [-0.05, 0) is 42.8 Å². The number of hydrogen-bond donors (Lipinski definition) is 2. The van der Waals surface area contributed by atoms with Gasteiger partial charge in [0, 0.05) is 22.7 Å². The highest BCUT2D eigenvalue weighted by Gasteiger charge is 2.34. The van der Waals surface area contributed by atoms with Crippen LogP contribution < -0.4 is 10.6 Å². The first-order valence-corrected chi connectivity index (χ1v) is 9.76. The van der Waals surface area contributed by atoms with E-state index in [9.17, 15) is 26.3 Å². The molecule has 0 atom stereocenters. The van der Waals surface area contributed by atoms with Crippen molar-refractivity contribution in [2.24, 2.45) is 0 Å². The zero-order chi connectivity index (χ0) is 21.1. The number of nitrogens with zero attached hydrogens (tertiary/aromatic N) is 2. The van der Waals surface area contributed by atoms with E-state index in [0.717, 1.165) is 38.2 Å². The fourth-order valence-corrected chi connectivity index (χ4v) is 3.67. The molecule has 0 bridgehead atoms. The molecule has 2 N–H and O–H groups in total. The number of halogens is 6. The zero-order valence-corrected chi connectivity index (χ0v) is 15.9. The minimum absolute atomic E-state index is 0.00778. The lowest BCUT2D eigenvalue weighted by atomic mass is 9.96. The van der Waals surface area contributed by atoms with Gasteiger partial charge in [-0.1, -0.05) is 25.3 Å². The molecule has 0 unspecified atom stereocenters. The molecule has 0 radical (unpaired) electrons. The molecular weight excluding hydrogens is 418 g/mol. The standard InChI is InChI=1S/C18H18F6N4S/c19-17(20,21)14-10-15(28-16(27-14)26-11-5-2-1-3-6-11)25-12-7-4-8-13(9-12)29-18(22,23)24/h4,7-11H,1-3,5-6H2,(H2,25,26,27,28). The van der Waals surface area contributed by atoms with Gasteiger partial charge < -0.3 is 10.6 Å². The Balaban J connectivity index is 1.84. The van der Waals surface area contributed by atoms with Gasteiger partial charge in [-0.25, -0.2) is 4.98 Å². The molecule has 1 aliphatic carbocycles. The van der Waals surface area contributed by atoms with Crippen LogP contribution in [0.25, 0.3) is 0 Å². The van der Waals surface area contributed by atoms with Gasteiger partial charge in [-0.3, -0.25) is 0 Å². The molecule has 11 heteroatoms. The first-order valence-electron chi connectivity index (χ1n) is 8.94. The van der Waals surface area contributed by atoms with E-state index in [1.54, 1.807) is 0 Å². The highest BCUT2D eigenvalue weighted by atomic mass is 32.2. The van der Waals surface area contributed by atoms with Crippen molar-refractivity contribution in [1.82, 2.24) is 9.97 Å². The van der Waals surface area contributed by atoms with Gasteiger partial charge in [0.05, 0.1) is 0 Å². The molecule has 4 nitrogen and oxygen atoms in total. The van der Waals surface area contributed by atoms with Gasteiger partial charge >= 0.3 is 11.7 Å². The molecule has 1 saturated carbocycles. The number of hydrogen-bond acceptors (Lipinski definition) is 5. The number of benzene rings is 1. The van der Waals surface area contributed by atoms with Crippen LogP contribution in [0.1, 0.15) is 37.8 Å². The Kier molecular flexibility index (Phi) is 6.45. The second-order valence-corrected chi connectivity index (χ2v) is 7.78.